The minimum Gasteiger partial charge on any atom is -0.326 e. The van der Waals surface area contributed by atoms with E-state index in [0.29, 0.717) is 13.0 Å². The Hall–Kier alpha value is -0.870. The molecule has 88 valence electrons. The fraction of sp³-hybridized carbons (Fsp3) is 0.400. The van der Waals surface area contributed by atoms with Crippen molar-refractivity contribution in [3.63, 3.8) is 0 Å². The molecule has 0 aromatic carbocycles. The lowest BCUT2D eigenvalue weighted by atomic mass is 10.3. The number of hydrogen-bond acceptors (Lipinski definition) is 4. The van der Waals surface area contributed by atoms with Crippen LogP contribution in [0.4, 0.5) is 0 Å². The molecule has 0 bridgehead atoms. The second-order valence-electron chi connectivity index (χ2n) is 3.36. The molecule has 0 saturated heterocycles. The normalized spacial score (nSPS) is 13.3. The maximum atomic E-state index is 11.8. The fourth-order valence-corrected chi connectivity index (χ4v) is 3.65. The highest BCUT2D eigenvalue weighted by molar-refractivity contribution is 7.91. The van der Waals surface area contributed by atoms with Gasteiger partial charge in [-0.15, -0.1) is 23.7 Å². The number of hydrogen-bond donors (Lipinski definition) is 2. The highest BCUT2D eigenvalue weighted by Gasteiger charge is 2.18. The van der Waals surface area contributed by atoms with Crippen LogP contribution >= 0.6 is 11.3 Å². The Bertz CT molecular complexity index is 485. The van der Waals surface area contributed by atoms with Gasteiger partial charge in [0.05, 0.1) is 0 Å². The van der Waals surface area contributed by atoms with Crippen LogP contribution in [0.5, 0.6) is 0 Å². The molecule has 16 heavy (non-hydrogen) atoms. The molecule has 1 aromatic heterocycles. The number of nitrogens with one attached hydrogen (secondary N) is 1. The summed E-state index contributed by atoms with van der Waals surface area (Å²) in [5.41, 5.74) is 5.42. The summed E-state index contributed by atoms with van der Waals surface area (Å²) in [7, 11) is -3.45. The Labute approximate surface area is 99.9 Å². The smallest absolute Gasteiger partial charge is 0.250 e. The molecular weight excluding hydrogens is 244 g/mol. The van der Waals surface area contributed by atoms with Gasteiger partial charge in [-0.25, -0.2) is 13.1 Å². The molecule has 0 aliphatic heterocycles. The molecule has 1 heterocycles. The van der Waals surface area contributed by atoms with E-state index in [4.69, 9.17) is 12.2 Å². The van der Waals surface area contributed by atoms with Gasteiger partial charge in [-0.2, -0.15) is 0 Å². The third-order valence-corrected chi connectivity index (χ3v) is 5.07. The lowest BCUT2D eigenvalue weighted by molar-refractivity contribution is 0.565. The van der Waals surface area contributed by atoms with E-state index in [1.165, 1.54) is 11.3 Å². The summed E-state index contributed by atoms with van der Waals surface area (Å²) in [6.45, 7) is 2.08. The summed E-state index contributed by atoms with van der Waals surface area (Å²) in [6, 6.07) is 3.00. The van der Waals surface area contributed by atoms with Crippen molar-refractivity contribution in [3.8, 4) is 12.3 Å². The van der Waals surface area contributed by atoms with E-state index >= 15 is 0 Å². The van der Waals surface area contributed by atoms with Crippen LogP contribution in [0.1, 0.15) is 18.2 Å². The molecule has 1 atom stereocenters. The standard InChI is InChI=1S/C10H14N2O2S2/c1-3-4-8(2)12-16(13,14)10-6-5-9(7-11)15-10/h1,5-6,8,12H,4,7,11H2,2H3. The van der Waals surface area contributed by atoms with Crippen LogP contribution in [0.25, 0.3) is 0 Å². The number of thiophene rings is 1. The summed E-state index contributed by atoms with van der Waals surface area (Å²) < 4.78 is 26.5. The van der Waals surface area contributed by atoms with Crippen molar-refractivity contribution in [2.24, 2.45) is 5.73 Å². The van der Waals surface area contributed by atoms with Gasteiger partial charge in [0, 0.05) is 23.9 Å². The molecule has 4 nitrogen and oxygen atoms in total. The van der Waals surface area contributed by atoms with Crippen LogP contribution in [0, 0.1) is 12.3 Å². The van der Waals surface area contributed by atoms with Gasteiger partial charge in [0.2, 0.25) is 10.0 Å². The van der Waals surface area contributed by atoms with Crippen molar-refractivity contribution >= 4 is 21.4 Å². The molecule has 6 heteroatoms. The summed E-state index contributed by atoms with van der Waals surface area (Å²) in [5.74, 6) is 2.41. The van der Waals surface area contributed by atoms with Crippen LogP contribution < -0.4 is 10.5 Å². The summed E-state index contributed by atoms with van der Waals surface area (Å²) in [6.07, 6.45) is 5.48. The van der Waals surface area contributed by atoms with Crippen molar-refractivity contribution in [2.75, 3.05) is 0 Å². The van der Waals surface area contributed by atoms with E-state index in [2.05, 4.69) is 10.6 Å². The average molecular weight is 258 g/mol. The summed E-state index contributed by atoms with van der Waals surface area (Å²) in [5, 5.41) is 0. The van der Waals surface area contributed by atoms with Crippen LogP contribution in [0.2, 0.25) is 0 Å². The van der Waals surface area contributed by atoms with E-state index in [9.17, 15) is 8.42 Å². The predicted octanol–water partition coefficient (Wildman–Crippen LogP) is 0.897. The van der Waals surface area contributed by atoms with Crippen LogP contribution in [0.3, 0.4) is 0 Å². The molecule has 0 saturated carbocycles. The molecule has 0 amide bonds. The Morgan fingerprint density at radius 1 is 1.62 bits per heavy atom. The van der Waals surface area contributed by atoms with Crippen molar-refractivity contribution < 1.29 is 8.42 Å². The number of nitrogens with two attached hydrogens (primary N) is 1. The SMILES string of the molecule is C#CCC(C)NS(=O)(=O)c1ccc(CN)s1. The molecule has 1 aromatic rings. The van der Waals surface area contributed by atoms with Crippen molar-refractivity contribution in [1.82, 2.24) is 4.72 Å². The molecule has 3 N–H and O–H groups in total. The van der Waals surface area contributed by atoms with E-state index < -0.39 is 10.0 Å². The van der Waals surface area contributed by atoms with Crippen LogP contribution in [-0.2, 0) is 16.6 Å². The van der Waals surface area contributed by atoms with Crippen molar-refractivity contribution in [3.05, 3.63) is 17.0 Å². The fourth-order valence-electron chi connectivity index (χ4n) is 1.15. The third kappa shape index (κ3) is 3.32. The van der Waals surface area contributed by atoms with Crippen LogP contribution in [0.15, 0.2) is 16.3 Å². The zero-order chi connectivity index (χ0) is 12.2. The molecular formula is C10H14N2O2S2. The third-order valence-electron chi connectivity index (χ3n) is 1.88. The van der Waals surface area contributed by atoms with Gasteiger partial charge in [0.25, 0.3) is 0 Å². The predicted molar refractivity (Wildman–Crippen MR) is 65.4 cm³/mol. The molecule has 0 aliphatic rings. The van der Waals surface area contributed by atoms with Gasteiger partial charge >= 0.3 is 0 Å². The summed E-state index contributed by atoms with van der Waals surface area (Å²) in [4.78, 5) is 0.838. The molecule has 0 aliphatic carbocycles. The van der Waals surface area contributed by atoms with Crippen molar-refractivity contribution in [1.29, 1.82) is 0 Å². The maximum absolute atomic E-state index is 11.8. The lowest BCUT2D eigenvalue weighted by Crippen LogP contribution is -2.31. The molecule has 1 unspecified atom stereocenters. The van der Waals surface area contributed by atoms with E-state index in [1.807, 2.05) is 0 Å². The highest BCUT2D eigenvalue weighted by atomic mass is 32.2. The average Bonchev–Trinajstić information content (AvgIpc) is 2.65. The van der Waals surface area contributed by atoms with Gasteiger partial charge in [-0.05, 0) is 19.1 Å². The Balaban J connectivity index is 2.82. The zero-order valence-electron chi connectivity index (χ0n) is 8.93. The first-order valence-electron chi connectivity index (χ1n) is 4.74. The van der Waals surface area contributed by atoms with Gasteiger partial charge in [-0.3, -0.25) is 0 Å². The second kappa shape index (κ2) is 5.46. The Morgan fingerprint density at radius 3 is 2.81 bits per heavy atom. The lowest BCUT2D eigenvalue weighted by Gasteiger charge is -2.09. The van der Waals surface area contributed by atoms with Gasteiger partial charge in [0.1, 0.15) is 4.21 Å². The minimum absolute atomic E-state index is 0.265. The van der Waals surface area contributed by atoms with E-state index in [1.54, 1.807) is 19.1 Å². The van der Waals surface area contributed by atoms with Gasteiger partial charge in [0.15, 0.2) is 0 Å². The first-order valence-corrected chi connectivity index (χ1v) is 7.04. The topological polar surface area (TPSA) is 72.2 Å². The Morgan fingerprint density at radius 2 is 2.31 bits per heavy atom. The number of rotatable bonds is 5. The number of sulfonamides is 1. The molecule has 1 rings (SSSR count). The monoisotopic (exact) mass is 258 g/mol. The van der Waals surface area contributed by atoms with Crippen LogP contribution in [-0.4, -0.2) is 14.5 Å². The minimum atomic E-state index is -3.45. The largest absolute Gasteiger partial charge is 0.326 e. The first-order chi connectivity index (χ1) is 7.49. The second-order valence-corrected chi connectivity index (χ2v) is 6.46. The molecule has 0 radical (unpaired) electrons. The highest BCUT2D eigenvalue weighted by Crippen LogP contribution is 2.21. The first kappa shape index (κ1) is 13.2. The summed E-state index contributed by atoms with van der Waals surface area (Å²) >= 11 is 1.17. The quantitative estimate of drug-likeness (QED) is 0.771. The zero-order valence-corrected chi connectivity index (χ0v) is 10.6. The van der Waals surface area contributed by atoms with Crippen molar-refractivity contribution in [2.45, 2.75) is 30.1 Å². The van der Waals surface area contributed by atoms with Gasteiger partial charge < -0.3 is 5.73 Å². The Kier molecular flexibility index (Phi) is 4.50. The maximum Gasteiger partial charge on any atom is 0.250 e. The number of terminal acetylenes is 1. The molecule has 0 spiro atoms. The van der Waals surface area contributed by atoms with E-state index in [-0.39, 0.29) is 10.3 Å². The van der Waals surface area contributed by atoms with E-state index in [0.717, 1.165) is 4.88 Å². The van der Waals surface area contributed by atoms with Gasteiger partial charge in [-0.1, -0.05) is 0 Å². The molecule has 0 fully saturated rings.